The quantitative estimate of drug-likeness (QED) is 0.870. The van der Waals surface area contributed by atoms with Gasteiger partial charge in [0, 0.05) is 16.1 Å². The molecular weight excluding hydrogens is 316 g/mol. The monoisotopic (exact) mass is 336 g/mol. The highest BCUT2D eigenvalue weighted by molar-refractivity contribution is 9.10. The van der Waals surface area contributed by atoms with Crippen LogP contribution in [0.2, 0.25) is 0 Å². The third-order valence-corrected chi connectivity index (χ3v) is 5.33. The summed E-state index contributed by atoms with van der Waals surface area (Å²) in [7, 11) is 0. The molecule has 1 unspecified atom stereocenters. The lowest BCUT2D eigenvalue weighted by Crippen LogP contribution is -2.59. The van der Waals surface area contributed by atoms with Gasteiger partial charge >= 0.3 is 0 Å². The number of rotatable bonds is 2. The SMILES string of the molecule is Cc1ccc(Br)c(C(=O)NC2CCNC3(CCC3)C2)c1. The van der Waals surface area contributed by atoms with E-state index in [0.29, 0.717) is 11.6 Å². The third-order valence-electron chi connectivity index (χ3n) is 4.64. The third kappa shape index (κ3) is 2.77. The molecule has 1 atom stereocenters. The van der Waals surface area contributed by atoms with Gasteiger partial charge in [-0.15, -0.1) is 0 Å². The molecule has 0 radical (unpaired) electrons. The maximum Gasteiger partial charge on any atom is 0.252 e. The summed E-state index contributed by atoms with van der Waals surface area (Å²) < 4.78 is 0.868. The van der Waals surface area contributed by atoms with Crippen LogP contribution in [0, 0.1) is 6.92 Å². The van der Waals surface area contributed by atoms with Gasteiger partial charge in [0.1, 0.15) is 0 Å². The van der Waals surface area contributed by atoms with Gasteiger partial charge in [0.25, 0.3) is 5.91 Å². The summed E-state index contributed by atoms with van der Waals surface area (Å²) in [5, 5.41) is 6.85. The molecule has 1 saturated heterocycles. The number of hydrogen-bond donors (Lipinski definition) is 2. The van der Waals surface area contributed by atoms with Gasteiger partial charge in [-0.2, -0.15) is 0 Å². The molecule has 1 aromatic carbocycles. The Bertz CT molecular complexity index is 525. The Hall–Kier alpha value is -0.870. The van der Waals surface area contributed by atoms with Crippen molar-refractivity contribution in [1.29, 1.82) is 0 Å². The summed E-state index contributed by atoms with van der Waals surface area (Å²) in [6, 6.07) is 6.20. The molecule has 1 spiro atoms. The number of aryl methyl sites for hydroxylation is 1. The topological polar surface area (TPSA) is 41.1 Å². The second-order valence-corrected chi connectivity index (χ2v) is 7.06. The molecule has 2 aliphatic rings. The van der Waals surface area contributed by atoms with E-state index in [1.54, 1.807) is 0 Å². The number of piperidine rings is 1. The largest absolute Gasteiger partial charge is 0.349 e. The second-order valence-electron chi connectivity index (χ2n) is 6.21. The first-order valence-corrected chi connectivity index (χ1v) is 8.19. The van der Waals surface area contributed by atoms with Crippen molar-refractivity contribution in [2.45, 2.75) is 50.6 Å². The molecule has 3 nitrogen and oxygen atoms in total. The highest BCUT2D eigenvalue weighted by Gasteiger charge is 2.41. The van der Waals surface area contributed by atoms with Crippen LogP contribution in [0.3, 0.4) is 0 Å². The Morgan fingerprint density at radius 3 is 2.95 bits per heavy atom. The van der Waals surface area contributed by atoms with Crippen molar-refractivity contribution in [1.82, 2.24) is 10.6 Å². The molecule has 1 amide bonds. The Kier molecular flexibility index (Phi) is 3.87. The highest BCUT2D eigenvalue weighted by Crippen LogP contribution is 2.38. The Morgan fingerprint density at radius 1 is 1.45 bits per heavy atom. The highest BCUT2D eigenvalue weighted by atomic mass is 79.9. The smallest absolute Gasteiger partial charge is 0.252 e. The van der Waals surface area contributed by atoms with Crippen LogP contribution in [0.4, 0.5) is 0 Å². The van der Waals surface area contributed by atoms with E-state index in [4.69, 9.17) is 0 Å². The maximum atomic E-state index is 12.4. The maximum absolute atomic E-state index is 12.4. The number of amides is 1. The van der Waals surface area contributed by atoms with E-state index in [1.807, 2.05) is 25.1 Å². The number of hydrogen-bond acceptors (Lipinski definition) is 2. The summed E-state index contributed by atoms with van der Waals surface area (Å²) in [6.45, 7) is 3.02. The number of halogens is 1. The van der Waals surface area contributed by atoms with Crippen LogP contribution in [0.5, 0.6) is 0 Å². The Balaban J connectivity index is 1.67. The number of carbonyl (C=O) groups excluding carboxylic acids is 1. The molecule has 1 aliphatic heterocycles. The molecule has 0 bridgehead atoms. The minimum atomic E-state index is 0.0435. The van der Waals surface area contributed by atoms with Crippen LogP contribution in [0.25, 0.3) is 0 Å². The zero-order chi connectivity index (χ0) is 14.2. The number of benzene rings is 1. The van der Waals surface area contributed by atoms with E-state index in [-0.39, 0.29) is 5.91 Å². The van der Waals surface area contributed by atoms with E-state index in [2.05, 4.69) is 26.6 Å². The van der Waals surface area contributed by atoms with E-state index >= 15 is 0 Å². The van der Waals surface area contributed by atoms with Gasteiger partial charge in [-0.25, -0.2) is 0 Å². The first-order chi connectivity index (χ1) is 9.58. The fourth-order valence-electron chi connectivity index (χ4n) is 3.34. The summed E-state index contributed by atoms with van der Waals surface area (Å²) in [5.41, 5.74) is 2.17. The predicted octanol–water partition coefficient (Wildman–Crippen LogP) is 3.16. The van der Waals surface area contributed by atoms with Crippen molar-refractivity contribution in [3.8, 4) is 0 Å². The van der Waals surface area contributed by atoms with Crippen molar-refractivity contribution in [2.24, 2.45) is 0 Å². The molecule has 20 heavy (non-hydrogen) atoms. The fourth-order valence-corrected chi connectivity index (χ4v) is 3.77. The molecular formula is C16H21BrN2O. The van der Waals surface area contributed by atoms with Crippen molar-refractivity contribution >= 4 is 21.8 Å². The molecule has 1 aliphatic carbocycles. The standard InChI is InChI=1S/C16H21BrN2O/c1-11-3-4-14(17)13(9-11)15(20)19-12-5-8-18-16(10-12)6-2-7-16/h3-4,9,12,18H,2,5-8,10H2,1H3,(H,19,20). The van der Waals surface area contributed by atoms with Crippen molar-refractivity contribution in [2.75, 3.05) is 6.54 Å². The minimum Gasteiger partial charge on any atom is -0.349 e. The minimum absolute atomic E-state index is 0.0435. The molecule has 1 heterocycles. The van der Waals surface area contributed by atoms with Crippen LogP contribution in [-0.4, -0.2) is 24.0 Å². The van der Waals surface area contributed by atoms with Gasteiger partial charge < -0.3 is 10.6 Å². The van der Waals surface area contributed by atoms with Crippen LogP contribution < -0.4 is 10.6 Å². The second kappa shape index (κ2) is 5.49. The lowest BCUT2D eigenvalue weighted by molar-refractivity contribution is 0.0852. The molecule has 1 aromatic rings. The normalized spacial score (nSPS) is 24.2. The van der Waals surface area contributed by atoms with Crippen molar-refractivity contribution in [3.05, 3.63) is 33.8 Å². The van der Waals surface area contributed by atoms with E-state index in [9.17, 15) is 4.79 Å². The molecule has 0 aromatic heterocycles. The molecule has 3 rings (SSSR count). The average Bonchev–Trinajstić information content (AvgIpc) is 2.40. The van der Waals surface area contributed by atoms with Gasteiger partial charge in [-0.05, 0) is 73.6 Å². The zero-order valence-electron chi connectivity index (χ0n) is 11.8. The first-order valence-electron chi connectivity index (χ1n) is 7.40. The average molecular weight is 337 g/mol. The Labute approximate surface area is 128 Å². The first kappa shape index (κ1) is 14.1. The molecule has 1 saturated carbocycles. The molecule has 2 fully saturated rings. The van der Waals surface area contributed by atoms with Gasteiger partial charge in [0.2, 0.25) is 0 Å². The van der Waals surface area contributed by atoms with Crippen molar-refractivity contribution < 1.29 is 4.79 Å². The lowest BCUT2D eigenvalue weighted by atomic mass is 9.70. The Morgan fingerprint density at radius 2 is 2.25 bits per heavy atom. The number of carbonyl (C=O) groups is 1. The van der Waals surface area contributed by atoms with Gasteiger partial charge in [-0.3, -0.25) is 4.79 Å². The molecule has 4 heteroatoms. The van der Waals surface area contributed by atoms with E-state index in [0.717, 1.165) is 35.0 Å². The van der Waals surface area contributed by atoms with Crippen LogP contribution in [0.1, 0.15) is 48.0 Å². The summed E-state index contributed by atoms with van der Waals surface area (Å²) in [6.07, 6.45) is 5.93. The zero-order valence-corrected chi connectivity index (χ0v) is 13.4. The number of nitrogens with one attached hydrogen (secondary N) is 2. The lowest BCUT2D eigenvalue weighted by Gasteiger charge is -2.48. The predicted molar refractivity (Wildman–Crippen MR) is 84.0 cm³/mol. The molecule has 2 N–H and O–H groups in total. The van der Waals surface area contributed by atoms with Crippen LogP contribution >= 0.6 is 15.9 Å². The van der Waals surface area contributed by atoms with Gasteiger partial charge in [0.05, 0.1) is 5.56 Å². The molecule has 108 valence electrons. The van der Waals surface area contributed by atoms with Gasteiger partial charge in [0.15, 0.2) is 0 Å². The summed E-state index contributed by atoms with van der Waals surface area (Å²) in [5.74, 6) is 0.0435. The van der Waals surface area contributed by atoms with E-state index in [1.165, 1.54) is 19.3 Å². The van der Waals surface area contributed by atoms with Crippen molar-refractivity contribution in [3.63, 3.8) is 0 Å². The fraction of sp³-hybridized carbons (Fsp3) is 0.562. The van der Waals surface area contributed by atoms with Crippen LogP contribution in [0.15, 0.2) is 22.7 Å². The van der Waals surface area contributed by atoms with E-state index < -0.39 is 0 Å². The van der Waals surface area contributed by atoms with Crippen LogP contribution in [-0.2, 0) is 0 Å². The summed E-state index contributed by atoms with van der Waals surface area (Å²) >= 11 is 3.47. The summed E-state index contributed by atoms with van der Waals surface area (Å²) in [4.78, 5) is 12.4. The van der Waals surface area contributed by atoms with Gasteiger partial charge in [-0.1, -0.05) is 11.6 Å².